The summed E-state index contributed by atoms with van der Waals surface area (Å²) in [6.07, 6.45) is 17.1. The van der Waals surface area contributed by atoms with E-state index in [2.05, 4.69) is 24.3 Å². The van der Waals surface area contributed by atoms with Crippen molar-refractivity contribution in [2.45, 2.75) is 38.5 Å². The molecule has 2 aliphatic carbocycles. The van der Waals surface area contributed by atoms with Crippen molar-refractivity contribution in [1.29, 1.82) is 0 Å². The Morgan fingerprint density at radius 3 is 1.58 bits per heavy atom. The van der Waals surface area contributed by atoms with Gasteiger partial charge in [0.2, 0.25) is 0 Å². The van der Waals surface area contributed by atoms with E-state index in [0.29, 0.717) is 0 Å². The van der Waals surface area contributed by atoms with Gasteiger partial charge in [-0.05, 0) is 49.7 Å². The highest BCUT2D eigenvalue weighted by atomic mass is 14.1. The lowest BCUT2D eigenvalue weighted by molar-refractivity contribution is 0.774. The van der Waals surface area contributed by atoms with Crippen molar-refractivity contribution in [3.8, 4) is 0 Å². The van der Waals surface area contributed by atoms with Gasteiger partial charge in [-0.15, -0.1) is 0 Å². The summed E-state index contributed by atoms with van der Waals surface area (Å²) in [6.45, 7) is 0. The molecule has 0 spiro atoms. The third-order valence-corrected chi connectivity index (χ3v) is 2.68. The molecule has 0 aliphatic heterocycles. The average Bonchev–Trinajstić information content (AvgIpc) is 2.21. The van der Waals surface area contributed by atoms with Crippen molar-refractivity contribution < 1.29 is 0 Å². The van der Waals surface area contributed by atoms with Gasteiger partial charge in [0.25, 0.3) is 0 Å². The first-order chi connectivity index (χ1) is 5.97. The van der Waals surface area contributed by atoms with Crippen LogP contribution in [-0.4, -0.2) is 0 Å². The topological polar surface area (TPSA) is 0 Å². The highest BCUT2D eigenvalue weighted by Crippen LogP contribution is 2.26. The summed E-state index contributed by atoms with van der Waals surface area (Å²) in [6, 6.07) is 0. The van der Waals surface area contributed by atoms with Crippen LogP contribution in [0.3, 0.4) is 0 Å². The van der Waals surface area contributed by atoms with Crippen molar-refractivity contribution in [2.75, 3.05) is 0 Å². The van der Waals surface area contributed by atoms with Crippen molar-refractivity contribution in [1.82, 2.24) is 0 Å². The van der Waals surface area contributed by atoms with Crippen LogP contribution in [0.1, 0.15) is 38.5 Å². The molecule has 0 saturated carbocycles. The van der Waals surface area contributed by atoms with Gasteiger partial charge in [0.05, 0.1) is 0 Å². The Bertz CT molecular complexity index is 215. The Morgan fingerprint density at radius 2 is 1.25 bits per heavy atom. The Morgan fingerprint density at radius 1 is 0.750 bits per heavy atom. The molecule has 0 heterocycles. The molecule has 0 bridgehead atoms. The van der Waals surface area contributed by atoms with Gasteiger partial charge in [-0.2, -0.15) is 0 Å². The number of rotatable bonds is 0. The van der Waals surface area contributed by atoms with Gasteiger partial charge in [0.15, 0.2) is 0 Å². The largest absolute Gasteiger partial charge is 0.0842 e. The maximum Gasteiger partial charge on any atom is -0.0273 e. The lowest BCUT2D eigenvalue weighted by atomic mass is 9.91. The van der Waals surface area contributed by atoms with E-state index >= 15 is 0 Å². The first-order valence-corrected chi connectivity index (χ1v) is 5.02. The van der Waals surface area contributed by atoms with E-state index in [9.17, 15) is 0 Å². The van der Waals surface area contributed by atoms with Gasteiger partial charge in [-0.25, -0.2) is 0 Å². The molecule has 0 N–H and O–H groups in total. The standard InChI is InChI=1S/C12H16/c1-3-7-11(8-4-1)12-9-5-2-6-10-12/h3,5,7,9H,1-2,4,6,8,10H2/b12-11+. The van der Waals surface area contributed by atoms with E-state index < -0.39 is 0 Å². The second-order valence-electron chi connectivity index (χ2n) is 3.64. The predicted octanol–water partition coefficient (Wildman–Crippen LogP) is 3.76. The van der Waals surface area contributed by atoms with Gasteiger partial charge in [-0.1, -0.05) is 24.3 Å². The zero-order valence-electron chi connectivity index (χ0n) is 7.55. The van der Waals surface area contributed by atoms with Crippen molar-refractivity contribution in [2.24, 2.45) is 0 Å². The summed E-state index contributed by atoms with van der Waals surface area (Å²) < 4.78 is 0. The van der Waals surface area contributed by atoms with Crippen molar-refractivity contribution in [3.63, 3.8) is 0 Å². The Kier molecular flexibility index (Phi) is 2.45. The molecule has 0 amide bonds. The van der Waals surface area contributed by atoms with E-state index in [1.165, 1.54) is 38.5 Å². The fourth-order valence-electron chi connectivity index (χ4n) is 1.97. The van der Waals surface area contributed by atoms with Gasteiger partial charge < -0.3 is 0 Å². The molecule has 12 heavy (non-hydrogen) atoms. The molecule has 0 aromatic heterocycles. The van der Waals surface area contributed by atoms with Gasteiger partial charge >= 0.3 is 0 Å². The van der Waals surface area contributed by atoms with E-state index in [4.69, 9.17) is 0 Å². The molecular weight excluding hydrogens is 144 g/mol. The minimum Gasteiger partial charge on any atom is -0.0842 e. The van der Waals surface area contributed by atoms with Crippen LogP contribution in [0.5, 0.6) is 0 Å². The first-order valence-electron chi connectivity index (χ1n) is 5.02. The number of allylic oxidation sites excluding steroid dienone is 6. The minimum absolute atomic E-state index is 1.28. The van der Waals surface area contributed by atoms with Gasteiger partial charge in [0, 0.05) is 0 Å². The summed E-state index contributed by atoms with van der Waals surface area (Å²) in [7, 11) is 0. The number of hydrogen-bond donors (Lipinski definition) is 0. The normalized spacial score (nSPS) is 29.3. The van der Waals surface area contributed by atoms with Crippen LogP contribution in [0, 0.1) is 0 Å². The Hall–Kier alpha value is -0.780. The van der Waals surface area contributed by atoms with Crippen LogP contribution < -0.4 is 0 Å². The van der Waals surface area contributed by atoms with E-state index in [-0.39, 0.29) is 0 Å². The molecule has 0 nitrogen and oxygen atoms in total. The molecule has 0 radical (unpaired) electrons. The fraction of sp³-hybridized carbons (Fsp3) is 0.500. The van der Waals surface area contributed by atoms with Crippen LogP contribution in [0.15, 0.2) is 35.5 Å². The van der Waals surface area contributed by atoms with Crippen LogP contribution in [0.25, 0.3) is 0 Å². The molecule has 0 atom stereocenters. The van der Waals surface area contributed by atoms with Crippen LogP contribution in [-0.2, 0) is 0 Å². The van der Waals surface area contributed by atoms with E-state index in [0.717, 1.165) is 0 Å². The van der Waals surface area contributed by atoms with Crippen molar-refractivity contribution >= 4 is 0 Å². The smallest absolute Gasteiger partial charge is 0.0273 e. The highest BCUT2D eigenvalue weighted by Gasteiger charge is 2.06. The SMILES string of the molecule is C1=C/C(=C2/C=CCCC2)CCC1. The Labute approximate surface area is 74.7 Å². The average molecular weight is 160 g/mol. The molecule has 2 rings (SSSR count). The van der Waals surface area contributed by atoms with Crippen LogP contribution >= 0.6 is 0 Å². The Balaban J connectivity index is 2.21. The second-order valence-corrected chi connectivity index (χ2v) is 3.64. The fourth-order valence-corrected chi connectivity index (χ4v) is 1.97. The summed E-state index contributed by atoms with van der Waals surface area (Å²) in [5.41, 5.74) is 3.19. The second kappa shape index (κ2) is 3.75. The molecule has 0 unspecified atom stereocenters. The van der Waals surface area contributed by atoms with Gasteiger partial charge in [0.1, 0.15) is 0 Å². The summed E-state index contributed by atoms with van der Waals surface area (Å²) in [4.78, 5) is 0. The highest BCUT2D eigenvalue weighted by molar-refractivity contribution is 5.35. The predicted molar refractivity (Wildman–Crippen MR) is 53.0 cm³/mol. The van der Waals surface area contributed by atoms with Gasteiger partial charge in [-0.3, -0.25) is 0 Å². The summed E-state index contributed by atoms with van der Waals surface area (Å²) >= 11 is 0. The lowest BCUT2D eigenvalue weighted by Crippen LogP contribution is -1.95. The maximum absolute atomic E-state index is 2.33. The molecule has 0 saturated heterocycles. The molecule has 2 aliphatic rings. The van der Waals surface area contributed by atoms with Crippen molar-refractivity contribution in [3.05, 3.63) is 35.5 Å². The maximum atomic E-state index is 2.33. The van der Waals surface area contributed by atoms with Crippen LogP contribution in [0.4, 0.5) is 0 Å². The van der Waals surface area contributed by atoms with E-state index in [1.54, 1.807) is 11.1 Å². The molecule has 0 heteroatoms. The number of hydrogen-bond acceptors (Lipinski definition) is 0. The zero-order valence-corrected chi connectivity index (χ0v) is 7.55. The molecule has 0 aromatic rings. The third kappa shape index (κ3) is 1.69. The minimum atomic E-state index is 1.28. The monoisotopic (exact) mass is 160 g/mol. The first kappa shape index (κ1) is 7.85. The third-order valence-electron chi connectivity index (χ3n) is 2.68. The lowest BCUT2D eigenvalue weighted by Gasteiger charge is -2.14. The summed E-state index contributed by atoms with van der Waals surface area (Å²) in [5, 5.41) is 0. The summed E-state index contributed by atoms with van der Waals surface area (Å²) in [5.74, 6) is 0. The molecular formula is C12H16. The molecule has 0 fully saturated rings. The molecule has 64 valence electrons. The zero-order chi connectivity index (χ0) is 8.23. The molecule has 0 aromatic carbocycles. The van der Waals surface area contributed by atoms with Crippen LogP contribution in [0.2, 0.25) is 0 Å². The van der Waals surface area contributed by atoms with E-state index in [1.807, 2.05) is 0 Å². The quantitative estimate of drug-likeness (QED) is 0.506.